The van der Waals surface area contributed by atoms with Gasteiger partial charge in [0, 0.05) is 19.3 Å². The van der Waals surface area contributed by atoms with Gasteiger partial charge in [0.05, 0.1) is 27.0 Å². The number of amides is 2. The predicted octanol–water partition coefficient (Wildman–Crippen LogP) is 4.95. The van der Waals surface area contributed by atoms with Gasteiger partial charge in [-0.2, -0.15) is 0 Å². The standard InChI is InChI=1S/C25H33N3O4S3/c1-35(31,32)20-11-9-19(10-12-20)21(15-18-7-3-4-8-18)24(30)27-25-26-16-23(34-25)33-17-22(29)28-13-5-2-6-14-28/h9-12,16,18,21H,2-8,13-15,17H2,1H3,(H,26,27,30)/t21-/m0/s1. The molecule has 4 rings (SSSR count). The van der Waals surface area contributed by atoms with E-state index in [2.05, 4.69) is 10.3 Å². The fourth-order valence-electron chi connectivity index (χ4n) is 4.87. The van der Waals surface area contributed by atoms with Gasteiger partial charge >= 0.3 is 0 Å². The number of anilines is 1. The average Bonchev–Trinajstić information content (AvgIpc) is 3.53. The van der Waals surface area contributed by atoms with Crippen LogP contribution in [0, 0.1) is 5.92 Å². The maximum Gasteiger partial charge on any atom is 0.233 e. The summed E-state index contributed by atoms with van der Waals surface area (Å²) in [6.45, 7) is 1.69. The molecule has 2 amide bonds. The van der Waals surface area contributed by atoms with Crippen LogP contribution in [0.25, 0.3) is 0 Å². The van der Waals surface area contributed by atoms with Crippen LogP contribution in [-0.2, 0) is 19.4 Å². The van der Waals surface area contributed by atoms with Gasteiger partial charge < -0.3 is 10.2 Å². The first-order chi connectivity index (χ1) is 16.8. The highest BCUT2D eigenvalue weighted by molar-refractivity contribution is 8.01. The number of carbonyl (C=O) groups excluding carboxylic acids is 2. The van der Waals surface area contributed by atoms with Crippen LogP contribution in [0.15, 0.2) is 39.6 Å². The number of carbonyl (C=O) groups is 2. The monoisotopic (exact) mass is 535 g/mol. The van der Waals surface area contributed by atoms with Crippen molar-refractivity contribution in [3.8, 4) is 0 Å². The molecule has 0 unspecified atom stereocenters. The molecule has 2 heterocycles. The highest BCUT2D eigenvalue weighted by atomic mass is 32.2. The van der Waals surface area contributed by atoms with Crippen molar-refractivity contribution in [2.45, 2.75) is 66.4 Å². The second-order valence-corrected chi connectivity index (χ2v) is 13.8. The lowest BCUT2D eigenvalue weighted by molar-refractivity contribution is -0.129. The largest absolute Gasteiger partial charge is 0.342 e. The Morgan fingerprint density at radius 3 is 2.46 bits per heavy atom. The number of rotatable bonds is 9. The highest BCUT2D eigenvalue weighted by Crippen LogP contribution is 2.36. The minimum atomic E-state index is -3.29. The normalized spacial score (nSPS) is 17.9. The Morgan fingerprint density at radius 2 is 1.80 bits per heavy atom. The Kier molecular flexibility index (Phi) is 8.88. The smallest absolute Gasteiger partial charge is 0.233 e. The molecule has 0 radical (unpaired) electrons. The van der Waals surface area contributed by atoms with Crippen molar-refractivity contribution in [2.75, 3.05) is 30.4 Å². The van der Waals surface area contributed by atoms with Crippen LogP contribution in [0.4, 0.5) is 5.13 Å². The number of piperidine rings is 1. The number of benzene rings is 1. The maximum absolute atomic E-state index is 13.3. The van der Waals surface area contributed by atoms with E-state index in [0.717, 1.165) is 55.0 Å². The van der Waals surface area contributed by atoms with Gasteiger partial charge in [-0.15, -0.1) is 11.8 Å². The summed E-state index contributed by atoms with van der Waals surface area (Å²) in [4.78, 5) is 32.3. The fourth-order valence-corrected chi connectivity index (χ4v) is 7.27. The molecule has 2 aromatic rings. The van der Waals surface area contributed by atoms with Crippen LogP contribution in [0.1, 0.15) is 62.8 Å². The number of aromatic nitrogens is 1. The quantitative estimate of drug-likeness (QED) is 0.456. The van der Waals surface area contributed by atoms with E-state index in [-0.39, 0.29) is 22.6 Å². The van der Waals surface area contributed by atoms with Gasteiger partial charge in [-0.1, -0.05) is 49.2 Å². The van der Waals surface area contributed by atoms with E-state index in [0.29, 0.717) is 16.8 Å². The predicted molar refractivity (Wildman–Crippen MR) is 141 cm³/mol. The van der Waals surface area contributed by atoms with Gasteiger partial charge in [0.2, 0.25) is 11.8 Å². The highest BCUT2D eigenvalue weighted by Gasteiger charge is 2.28. The third-order valence-electron chi connectivity index (χ3n) is 6.83. The van der Waals surface area contributed by atoms with Crippen molar-refractivity contribution in [1.29, 1.82) is 0 Å². The molecule has 190 valence electrons. The Hall–Kier alpha value is -1.91. The van der Waals surface area contributed by atoms with Crippen molar-refractivity contribution < 1.29 is 18.0 Å². The van der Waals surface area contributed by atoms with E-state index in [1.54, 1.807) is 30.5 Å². The summed E-state index contributed by atoms with van der Waals surface area (Å²) < 4.78 is 24.6. The molecule has 1 saturated carbocycles. The lowest BCUT2D eigenvalue weighted by Crippen LogP contribution is -2.36. The number of hydrogen-bond donors (Lipinski definition) is 1. The van der Waals surface area contributed by atoms with Crippen LogP contribution in [-0.4, -0.2) is 55.2 Å². The van der Waals surface area contributed by atoms with E-state index in [1.165, 1.54) is 48.6 Å². The zero-order valence-electron chi connectivity index (χ0n) is 20.1. The summed E-state index contributed by atoms with van der Waals surface area (Å²) >= 11 is 2.84. The molecule has 1 aliphatic heterocycles. The molecule has 2 aliphatic rings. The topological polar surface area (TPSA) is 96.4 Å². The summed E-state index contributed by atoms with van der Waals surface area (Å²) in [5, 5.41) is 3.49. The van der Waals surface area contributed by atoms with Crippen LogP contribution in [0.3, 0.4) is 0 Å². The minimum absolute atomic E-state index is 0.126. The number of sulfone groups is 1. The molecule has 1 N–H and O–H groups in total. The van der Waals surface area contributed by atoms with Crippen molar-refractivity contribution in [3.05, 3.63) is 36.0 Å². The van der Waals surface area contributed by atoms with Gasteiger partial charge in [-0.05, 0) is 49.3 Å². The van der Waals surface area contributed by atoms with Gasteiger partial charge in [-0.25, -0.2) is 13.4 Å². The Bertz CT molecular complexity index is 1120. The first-order valence-corrected chi connectivity index (χ1v) is 16.0. The molecule has 1 atom stereocenters. The van der Waals surface area contributed by atoms with Crippen molar-refractivity contribution in [2.24, 2.45) is 5.92 Å². The minimum Gasteiger partial charge on any atom is -0.342 e. The van der Waals surface area contributed by atoms with Crippen LogP contribution < -0.4 is 5.32 Å². The van der Waals surface area contributed by atoms with Gasteiger partial charge in [0.1, 0.15) is 0 Å². The second kappa shape index (κ2) is 11.9. The molecule has 35 heavy (non-hydrogen) atoms. The van der Waals surface area contributed by atoms with Crippen molar-refractivity contribution >= 4 is 49.9 Å². The molecular weight excluding hydrogens is 502 g/mol. The molecule has 0 bridgehead atoms. The van der Waals surface area contributed by atoms with Crippen molar-refractivity contribution in [1.82, 2.24) is 9.88 Å². The fraction of sp³-hybridized carbons (Fsp3) is 0.560. The van der Waals surface area contributed by atoms with Gasteiger partial charge in [0.15, 0.2) is 15.0 Å². The van der Waals surface area contributed by atoms with Crippen LogP contribution >= 0.6 is 23.1 Å². The molecule has 7 nitrogen and oxygen atoms in total. The molecule has 10 heteroatoms. The summed E-state index contributed by atoms with van der Waals surface area (Å²) in [7, 11) is -3.29. The first-order valence-electron chi connectivity index (χ1n) is 12.3. The molecule has 0 spiro atoms. The third-order valence-corrected chi connectivity index (χ3v) is 10.1. The molecule has 1 aliphatic carbocycles. The Balaban J connectivity index is 1.40. The number of nitrogens with one attached hydrogen (secondary N) is 1. The molecule has 1 aromatic carbocycles. The number of thioether (sulfide) groups is 1. The SMILES string of the molecule is CS(=O)(=O)c1ccc([C@H](CC2CCCC2)C(=O)Nc2ncc(SCC(=O)N3CCCCC3)s2)cc1. The zero-order valence-corrected chi connectivity index (χ0v) is 22.5. The lowest BCUT2D eigenvalue weighted by Gasteiger charge is -2.26. The Morgan fingerprint density at radius 1 is 1.11 bits per heavy atom. The Labute approximate surface area is 216 Å². The van der Waals surface area contributed by atoms with E-state index >= 15 is 0 Å². The summed E-state index contributed by atoms with van der Waals surface area (Å²) in [6, 6.07) is 6.67. The number of likely N-dealkylation sites (tertiary alicyclic amines) is 1. The molecule has 1 aromatic heterocycles. The third kappa shape index (κ3) is 7.30. The van der Waals surface area contributed by atoms with Crippen LogP contribution in [0.5, 0.6) is 0 Å². The van der Waals surface area contributed by atoms with E-state index in [1.807, 2.05) is 4.90 Å². The summed E-state index contributed by atoms with van der Waals surface area (Å²) in [5.41, 5.74) is 0.820. The lowest BCUT2D eigenvalue weighted by atomic mass is 9.87. The number of nitrogens with zero attached hydrogens (tertiary/aromatic N) is 2. The van der Waals surface area contributed by atoms with Gasteiger partial charge in [0.25, 0.3) is 0 Å². The number of hydrogen-bond acceptors (Lipinski definition) is 7. The van der Waals surface area contributed by atoms with E-state index < -0.39 is 9.84 Å². The van der Waals surface area contributed by atoms with Crippen LogP contribution in [0.2, 0.25) is 0 Å². The summed E-state index contributed by atoms with van der Waals surface area (Å²) in [6.07, 6.45) is 11.6. The molecular formula is C25H33N3O4S3. The molecule has 2 fully saturated rings. The first kappa shape index (κ1) is 26.2. The maximum atomic E-state index is 13.3. The van der Waals surface area contributed by atoms with E-state index in [9.17, 15) is 18.0 Å². The number of thiazole rings is 1. The average molecular weight is 536 g/mol. The summed E-state index contributed by atoms with van der Waals surface area (Å²) in [5.74, 6) is 0.533. The van der Waals surface area contributed by atoms with Crippen molar-refractivity contribution in [3.63, 3.8) is 0 Å². The van der Waals surface area contributed by atoms with Gasteiger partial charge in [-0.3, -0.25) is 9.59 Å². The zero-order chi connectivity index (χ0) is 24.8. The second-order valence-electron chi connectivity index (χ2n) is 9.48. The molecule has 1 saturated heterocycles. The van der Waals surface area contributed by atoms with E-state index in [4.69, 9.17) is 0 Å².